The number of phenolic OH excluding ortho intramolecular Hbond substituents is 1. The number of sulfonamides is 1. The van der Waals surface area contributed by atoms with Crippen molar-refractivity contribution >= 4 is 33.2 Å². The molecule has 1 heterocycles. The van der Waals surface area contributed by atoms with Gasteiger partial charge in [-0.25, -0.2) is 8.42 Å². The Morgan fingerprint density at radius 2 is 1.77 bits per heavy atom. The summed E-state index contributed by atoms with van der Waals surface area (Å²) in [6.45, 7) is 1.11. The van der Waals surface area contributed by atoms with Gasteiger partial charge in [0.2, 0.25) is 10.0 Å². The van der Waals surface area contributed by atoms with Crippen LogP contribution < -0.4 is 5.32 Å². The molecule has 7 nitrogen and oxygen atoms in total. The third kappa shape index (κ3) is 3.99. The van der Waals surface area contributed by atoms with E-state index < -0.39 is 15.9 Å². The van der Waals surface area contributed by atoms with Crippen LogP contribution in [-0.4, -0.2) is 50.0 Å². The highest BCUT2D eigenvalue weighted by Gasteiger charge is 2.29. The van der Waals surface area contributed by atoms with E-state index in [1.54, 1.807) is 0 Å². The van der Waals surface area contributed by atoms with E-state index in [1.165, 1.54) is 46.8 Å². The fourth-order valence-electron chi connectivity index (χ4n) is 2.52. The van der Waals surface area contributed by atoms with Gasteiger partial charge in [0.15, 0.2) is 0 Å². The van der Waals surface area contributed by atoms with Crippen LogP contribution in [-0.2, 0) is 14.8 Å². The molecule has 0 atom stereocenters. The largest absolute Gasteiger partial charge is 0.508 e. The minimum Gasteiger partial charge on any atom is -0.508 e. The van der Waals surface area contributed by atoms with Gasteiger partial charge >= 0.3 is 0 Å². The Balaban J connectivity index is 1.87. The van der Waals surface area contributed by atoms with Crippen molar-refractivity contribution in [3.8, 4) is 5.75 Å². The number of aromatic hydroxyl groups is 1. The van der Waals surface area contributed by atoms with Crippen LogP contribution in [0.2, 0.25) is 5.02 Å². The molecule has 1 aliphatic heterocycles. The molecule has 0 bridgehead atoms. The summed E-state index contributed by atoms with van der Waals surface area (Å²) in [6.07, 6.45) is 0. The fourth-order valence-corrected chi connectivity index (χ4v) is 4.42. The number of amides is 1. The topological polar surface area (TPSA) is 95.9 Å². The Kier molecular flexibility index (Phi) is 5.47. The van der Waals surface area contributed by atoms with E-state index in [0.717, 1.165) is 0 Å². The van der Waals surface area contributed by atoms with Crippen LogP contribution in [0.4, 0.5) is 5.69 Å². The van der Waals surface area contributed by atoms with Gasteiger partial charge in [0.1, 0.15) is 10.6 Å². The number of carbonyl (C=O) groups is 1. The number of rotatable bonds is 4. The van der Waals surface area contributed by atoms with Crippen molar-refractivity contribution in [3.63, 3.8) is 0 Å². The maximum Gasteiger partial charge on any atom is 0.255 e. The Hall–Kier alpha value is -2.13. The van der Waals surface area contributed by atoms with Gasteiger partial charge in [-0.05, 0) is 42.5 Å². The third-order valence-corrected chi connectivity index (χ3v) is 6.29. The first-order valence-electron chi connectivity index (χ1n) is 7.86. The molecule has 9 heteroatoms. The number of halogens is 1. The van der Waals surface area contributed by atoms with Crippen LogP contribution in [0.15, 0.2) is 47.4 Å². The Bertz CT molecular complexity index is 909. The highest BCUT2D eigenvalue weighted by Crippen LogP contribution is 2.27. The molecule has 0 spiro atoms. The highest BCUT2D eigenvalue weighted by atomic mass is 35.5. The van der Waals surface area contributed by atoms with Gasteiger partial charge in [-0.3, -0.25) is 4.79 Å². The normalized spacial score (nSPS) is 15.6. The summed E-state index contributed by atoms with van der Waals surface area (Å²) in [6, 6.07) is 10.1. The molecular weight excluding hydrogens is 380 g/mol. The van der Waals surface area contributed by atoms with Crippen LogP contribution >= 0.6 is 11.6 Å². The van der Waals surface area contributed by atoms with Crippen molar-refractivity contribution in [1.29, 1.82) is 0 Å². The van der Waals surface area contributed by atoms with E-state index in [2.05, 4.69) is 5.32 Å². The minimum atomic E-state index is -3.82. The number of morpholine rings is 1. The van der Waals surface area contributed by atoms with Crippen molar-refractivity contribution in [3.05, 3.63) is 53.1 Å². The monoisotopic (exact) mass is 396 g/mol. The minimum absolute atomic E-state index is 0.0534. The molecule has 3 rings (SSSR count). The summed E-state index contributed by atoms with van der Waals surface area (Å²) in [4.78, 5) is 12.3. The maximum atomic E-state index is 12.8. The molecule has 26 heavy (non-hydrogen) atoms. The molecule has 1 amide bonds. The number of hydrogen-bond acceptors (Lipinski definition) is 5. The van der Waals surface area contributed by atoms with Gasteiger partial charge < -0.3 is 15.2 Å². The van der Waals surface area contributed by atoms with Crippen molar-refractivity contribution in [2.45, 2.75) is 4.90 Å². The molecule has 1 aliphatic rings. The lowest BCUT2D eigenvalue weighted by Gasteiger charge is -2.26. The predicted molar refractivity (Wildman–Crippen MR) is 97.1 cm³/mol. The summed E-state index contributed by atoms with van der Waals surface area (Å²) < 4.78 is 32.1. The zero-order valence-electron chi connectivity index (χ0n) is 13.7. The van der Waals surface area contributed by atoms with Crippen molar-refractivity contribution in [1.82, 2.24) is 4.31 Å². The van der Waals surface area contributed by atoms with Gasteiger partial charge in [0.25, 0.3) is 5.91 Å². The molecule has 1 fully saturated rings. The maximum absolute atomic E-state index is 12.8. The SMILES string of the molecule is O=C(Nc1ccc(O)cc1)c1ccc(Cl)c(S(=O)(=O)N2CCOCC2)c1. The molecule has 0 saturated carbocycles. The second-order valence-corrected chi connectivity index (χ2v) is 7.98. The number of carbonyl (C=O) groups excluding carboxylic acids is 1. The molecular formula is C17H17ClN2O5S. The van der Waals surface area contributed by atoms with Crippen LogP contribution in [0.3, 0.4) is 0 Å². The molecule has 2 aromatic rings. The lowest BCUT2D eigenvalue weighted by molar-refractivity contribution is 0.0730. The lowest BCUT2D eigenvalue weighted by atomic mass is 10.2. The summed E-state index contributed by atoms with van der Waals surface area (Å²) in [5.74, 6) is -0.404. The van der Waals surface area contributed by atoms with Crippen LogP contribution in [0.1, 0.15) is 10.4 Å². The number of anilines is 1. The van der Waals surface area contributed by atoms with Gasteiger partial charge in [-0.15, -0.1) is 0 Å². The number of phenols is 1. The Morgan fingerprint density at radius 1 is 1.12 bits per heavy atom. The third-order valence-electron chi connectivity index (χ3n) is 3.91. The quantitative estimate of drug-likeness (QED) is 0.773. The summed E-state index contributed by atoms with van der Waals surface area (Å²) >= 11 is 6.09. The zero-order valence-corrected chi connectivity index (χ0v) is 15.3. The van der Waals surface area contributed by atoms with E-state index in [-0.39, 0.29) is 34.3 Å². The molecule has 0 unspecified atom stereocenters. The second kappa shape index (κ2) is 7.63. The van der Waals surface area contributed by atoms with Gasteiger partial charge in [-0.2, -0.15) is 4.31 Å². The van der Waals surface area contributed by atoms with Crippen LogP contribution in [0, 0.1) is 0 Å². The second-order valence-electron chi connectivity index (χ2n) is 5.66. The molecule has 2 aromatic carbocycles. The Morgan fingerprint density at radius 3 is 2.42 bits per heavy atom. The standard InChI is InChI=1S/C17H17ClN2O5S/c18-15-6-1-12(17(22)19-13-2-4-14(21)5-3-13)11-16(15)26(23,24)20-7-9-25-10-8-20/h1-6,11,21H,7-10H2,(H,19,22). The Labute approximate surface area is 156 Å². The zero-order chi connectivity index (χ0) is 18.7. The number of hydrogen-bond donors (Lipinski definition) is 2. The number of nitrogens with zero attached hydrogens (tertiary/aromatic N) is 1. The smallest absolute Gasteiger partial charge is 0.255 e. The number of nitrogens with one attached hydrogen (secondary N) is 1. The number of benzene rings is 2. The molecule has 0 aromatic heterocycles. The van der Waals surface area contributed by atoms with Crippen LogP contribution in [0.25, 0.3) is 0 Å². The van der Waals surface area contributed by atoms with E-state index in [4.69, 9.17) is 16.3 Å². The van der Waals surface area contributed by atoms with Gasteiger partial charge in [0.05, 0.1) is 18.2 Å². The average Bonchev–Trinajstić information content (AvgIpc) is 2.64. The van der Waals surface area contributed by atoms with Crippen molar-refractivity contribution in [2.75, 3.05) is 31.6 Å². The van der Waals surface area contributed by atoms with E-state index in [1.807, 2.05) is 0 Å². The molecule has 138 valence electrons. The van der Waals surface area contributed by atoms with Crippen LogP contribution in [0.5, 0.6) is 5.75 Å². The molecule has 0 aliphatic carbocycles. The molecule has 0 radical (unpaired) electrons. The average molecular weight is 397 g/mol. The first-order valence-corrected chi connectivity index (χ1v) is 9.67. The summed E-state index contributed by atoms with van der Waals surface area (Å²) in [5, 5.41) is 12.0. The predicted octanol–water partition coefficient (Wildman–Crippen LogP) is 2.32. The van der Waals surface area contributed by atoms with Gasteiger partial charge in [0, 0.05) is 24.3 Å². The number of ether oxygens (including phenoxy) is 1. The molecule has 2 N–H and O–H groups in total. The van der Waals surface area contributed by atoms with Crippen molar-refractivity contribution < 1.29 is 23.1 Å². The summed E-state index contributed by atoms with van der Waals surface area (Å²) in [7, 11) is -3.82. The van der Waals surface area contributed by atoms with Gasteiger partial charge in [-0.1, -0.05) is 11.6 Å². The van der Waals surface area contributed by atoms with E-state index in [0.29, 0.717) is 18.9 Å². The highest BCUT2D eigenvalue weighted by molar-refractivity contribution is 7.89. The fraction of sp³-hybridized carbons (Fsp3) is 0.235. The first kappa shape index (κ1) is 18.7. The first-order chi connectivity index (χ1) is 12.4. The van der Waals surface area contributed by atoms with E-state index >= 15 is 0 Å². The summed E-state index contributed by atoms with van der Waals surface area (Å²) in [5.41, 5.74) is 0.634. The van der Waals surface area contributed by atoms with Crippen molar-refractivity contribution in [2.24, 2.45) is 0 Å². The lowest BCUT2D eigenvalue weighted by Crippen LogP contribution is -2.40. The van der Waals surface area contributed by atoms with E-state index in [9.17, 15) is 18.3 Å². The molecule has 1 saturated heterocycles.